The summed E-state index contributed by atoms with van der Waals surface area (Å²) in [6.07, 6.45) is 0.0480. The summed E-state index contributed by atoms with van der Waals surface area (Å²) < 4.78 is 37.2. The Bertz CT molecular complexity index is 1040. The maximum Gasteiger partial charge on any atom is 0.252 e. The third-order valence-corrected chi connectivity index (χ3v) is 8.12. The van der Waals surface area contributed by atoms with Gasteiger partial charge in [0.25, 0.3) is 5.91 Å². The molecular weight excluding hydrogens is 423 g/mol. The van der Waals surface area contributed by atoms with Gasteiger partial charge >= 0.3 is 0 Å². The predicted octanol–water partition coefficient (Wildman–Crippen LogP) is 3.32. The first-order valence-corrected chi connectivity index (χ1v) is 11.7. The molecule has 0 bridgehead atoms. The second-order valence-electron chi connectivity index (χ2n) is 6.74. The number of hydrogen-bond donors (Lipinski definition) is 0. The molecule has 0 aliphatic carbocycles. The molecule has 28 heavy (non-hydrogen) atoms. The van der Waals surface area contributed by atoms with Crippen LogP contribution in [0.4, 0.5) is 10.1 Å². The summed E-state index contributed by atoms with van der Waals surface area (Å²) in [5.41, 5.74) is 1.41. The molecule has 4 rings (SSSR count). The average molecular weight is 439 g/mol. The monoisotopic (exact) mass is 438 g/mol. The second kappa shape index (κ2) is 7.50. The fourth-order valence-electron chi connectivity index (χ4n) is 3.39. The van der Waals surface area contributed by atoms with E-state index in [1.54, 1.807) is 36.4 Å². The average Bonchev–Trinajstić information content (AvgIpc) is 3.09. The van der Waals surface area contributed by atoms with Gasteiger partial charge in [-0.05, 0) is 42.0 Å². The van der Waals surface area contributed by atoms with E-state index in [1.165, 1.54) is 23.9 Å². The van der Waals surface area contributed by atoms with E-state index < -0.39 is 9.84 Å². The lowest BCUT2D eigenvalue weighted by Crippen LogP contribution is -2.37. The van der Waals surface area contributed by atoms with Crippen LogP contribution < -0.4 is 4.90 Å². The van der Waals surface area contributed by atoms with Crippen LogP contribution in [0.1, 0.15) is 5.56 Å². The number of carbonyl (C=O) groups is 1. The highest BCUT2D eigenvalue weighted by atomic mass is 35.5. The third-order valence-electron chi connectivity index (χ3n) is 4.66. The number of rotatable bonds is 3. The fraction of sp³-hybridized carbons (Fsp3) is 0.263. The molecule has 2 aromatic carbocycles. The number of hydrogen-bond acceptors (Lipinski definition) is 4. The van der Waals surface area contributed by atoms with Crippen LogP contribution in [-0.2, 0) is 21.1 Å². The lowest BCUT2D eigenvalue weighted by molar-refractivity contribution is -0.117. The number of fused-ring (bicyclic) bond motifs is 1. The number of amidine groups is 1. The maximum atomic E-state index is 13.0. The first-order chi connectivity index (χ1) is 13.3. The Morgan fingerprint density at radius 2 is 1.82 bits per heavy atom. The van der Waals surface area contributed by atoms with Gasteiger partial charge in [-0.15, -0.1) is 0 Å². The van der Waals surface area contributed by atoms with Crippen molar-refractivity contribution in [2.45, 2.75) is 17.7 Å². The van der Waals surface area contributed by atoms with Gasteiger partial charge < -0.3 is 4.90 Å². The van der Waals surface area contributed by atoms with E-state index >= 15 is 0 Å². The largest absolute Gasteiger partial charge is 0.316 e. The smallest absolute Gasteiger partial charge is 0.252 e. The molecular formula is C19H16ClFN2O3S2. The number of benzene rings is 2. The summed E-state index contributed by atoms with van der Waals surface area (Å²) in [6.45, 7) is 0. The maximum absolute atomic E-state index is 13.0. The summed E-state index contributed by atoms with van der Waals surface area (Å²) in [6, 6.07) is 12.4. The van der Waals surface area contributed by atoms with E-state index in [-0.39, 0.29) is 40.9 Å². The minimum absolute atomic E-state index is 0.0263. The molecule has 9 heteroatoms. The van der Waals surface area contributed by atoms with Crippen LogP contribution in [0.5, 0.6) is 0 Å². The topological polar surface area (TPSA) is 66.8 Å². The van der Waals surface area contributed by atoms with Crippen LogP contribution in [0.25, 0.3) is 0 Å². The summed E-state index contributed by atoms with van der Waals surface area (Å²) in [7, 11) is -3.12. The Balaban J connectivity index is 1.62. The molecule has 2 saturated heterocycles. The summed E-state index contributed by atoms with van der Waals surface area (Å²) >= 11 is 7.28. The van der Waals surface area contributed by atoms with Crippen LogP contribution in [0.15, 0.2) is 53.5 Å². The summed E-state index contributed by atoms with van der Waals surface area (Å²) in [5, 5.41) is 0.884. The van der Waals surface area contributed by atoms with Gasteiger partial charge in [0.15, 0.2) is 15.0 Å². The number of thioether (sulfide) groups is 1. The molecule has 2 aromatic rings. The van der Waals surface area contributed by atoms with Crippen molar-refractivity contribution >= 4 is 50.0 Å². The summed E-state index contributed by atoms with van der Waals surface area (Å²) in [4.78, 5) is 18.5. The Kier molecular flexibility index (Phi) is 5.20. The zero-order valence-corrected chi connectivity index (χ0v) is 17.0. The standard InChI is InChI=1S/C19H16ClFN2O3S2/c20-13-3-7-15(8-4-13)23-16-10-28(25,26)11-17(16)27-19(23)22-18(24)9-12-1-5-14(21)6-2-12/h1-8,16-17H,9-11H2/t16-,17-/m0/s1. The highest BCUT2D eigenvalue weighted by molar-refractivity contribution is 8.16. The minimum atomic E-state index is -3.12. The first kappa shape index (κ1) is 19.4. The summed E-state index contributed by atoms with van der Waals surface area (Å²) in [5.74, 6) is -0.636. The van der Waals surface area contributed by atoms with Crippen LogP contribution in [-0.4, -0.2) is 42.3 Å². The molecule has 2 aliphatic rings. The number of amides is 1. The second-order valence-corrected chi connectivity index (χ2v) is 10.5. The van der Waals surface area contributed by atoms with Crippen LogP contribution in [0.2, 0.25) is 5.02 Å². The van der Waals surface area contributed by atoms with E-state index in [9.17, 15) is 17.6 Å². The highest BCUT2D eigenvalue weighted by Gasteiger charge is 2.49. The molecule has 2 aliphatic heterocycles. The van der Waals surface area contributed by atoms with E-state index in [2.05, 4.69) is 4.99 Å². The SMILES string of the molecule is O=C(Cc1ccc(F)cc1)N=C1S[C@H]2CS(=O)(=O)C[C@@H]2N1c1ccc(Cl)cc1. The third kappa shape index (κ3) is 4.09. The van der Waals surface area contributed by atoms with E-state index in [4.69, 9.17) is 11.6 Å². The Labute approximate surface area is 171 Å². The van der Waals surface area contributed by atoms with Crippen molar-refractivity contribution in [1.82, 2.24) is 0 Å². The molecule has 2 heterocycles. The molecule has 0 unspecified atom stereocenters. The molecule has 2 fully saturated rings. The van der Waals surface area contributed by atoms with Gasteiger partial charge in [-0.1, -0.05) is 35.5 Å². The zero-order valence-electron chi connectivity index (χ0n) is 14.6. The van der Waals surface area contributed by atoms with E-state index in [1.807, 2.05) is 4.90 Å². The molecule has 5 nitrogen and oxygen atoms in total. The number of anilines is 1. The molecule has 146 valence electrons. The van der Waals surface area contributed by atoms with Crippen LogP contribution >= 0.6 is 23.4 Å². The number of aliphatic imine (C=N–C) groups is 1. The van der Waals surface area contributed by atoms with Gasteiger partial charge in [-0.25, -0.2) is 12.8 Å². The number of carbonyl (C=O) groups excluding carboxylic acids is 1. The number of halogens is 2. The van der Waals surface area contributed by atoms with Crippen molar-refractivity contribution in [3.05, 3.63) is 64.9 Å². The quantitative estimate of drug-likeness (QED) is 0.735. The van der Waals surface area contributed by atoms with Crippen molar-refractivity contribution in [1.29, 1.82) is 0 Å². The van der Waals surface area contributed by atoms with Gasteiger partial charge in [0.1, 0.15) is 5.82 Å². The van der Waals surface area contributed by atoms with Gasteiger partial charge in [0.05, 0.1) is 24.0 Å². The lowest BCUT2D eigenvalue weighted by Gasteiger charge is -2.24. The first-order valence-electron chi connectivity index (χ1n) is 8.58. The van der Waals surface area contributed by atoms with Crippen molar-refractivity contribution in [3.63, 3.8) is 0 Å². The lowest BCUT2D eigenvalue weighted by atomic mass is 10.1. The molecule has 0 saturated carbocycles. The van der Waals surface area contributed by atoms with Crippen molar-refractivity contribution < 1.29 is 17.6 Å². The molecule has 0 aromatic heterocycles. The Hall–Kier alpha value is -1.90. The van der Waals surface area contributed by atoms with Crippen molar-refractivity contribution in [2.75, 3.05) is 16.4 Å². The predicted molar refractivity (Wildman–Crippen MR) is 110 cm³/mol. The van der Waals surface area contributed by atoms with Gasteiger partial charge in [-0.3, -0.25) is 4.79 Å². The molecule has 0 spiro atoms. The van der Waals surface area contributed by atoms with Gasteiger partial charge in [0, 0.05) is 16.0 Å². The minimum Gasteiger partial charge on any atom is -0.316 e. The highest BCUT2D eigenvalue weighted by Crippen LogP contribution is 2.41. The normalized spacial score (nSPS) is 24.5. The van der Waals surface area contributed by atoms with E-state index in [0.717, 1.165) is 5.69 Å². The fourth-order valence-corrected chi connectivity index (χ4v) is 7.45. The Morgan fingerprint density at radius 3 is 2.50 bits per heavy atom. The van der Waals surface area contributed by atoms with Crippen molar-refractivity contribution in [2.24, 2.45) is 4.99 Å². The van der Waals surface area contributed by atoms with Crippen molar-refractivity contribution in [3.8, 4) is 0 Å². The number of nitrogens with zero attached hydrogens (tertiary/aromatic N) is 2. The molecule has 0 N–H and O–H groups in total. The van der Waals surface area contributed by atoms with Gasteiger partial charge in [0.2, 0.25) is 0 Å². The zero-order chi connectivity index (χ0) is 19.9. The van der Waals surface area contributed by atoms with Gasteiger partial charge in [-0.2, -0.15) is 4.99 Å². The Morgan fingerprint density at radius 1 is 1.14 bits per heavy atom. The van der Waals surface area contributed by atoms with E-state index in [0.29, 0.717) is 15.8 Å². The molecule has 0 radical (unpaired) electrons. The molecule has 2 atom stereocenters. The van der Waals surface area contributed by atoms with Crippen LogP contribution in [0, 0.1) is 5.82 Å². The van der Waals surface area contributed by atoms with Crippen LogP contribution in [0.3, 0.4) is 0 Å². The number of sulfone groups is 1. The molecule has 1 amide bonds.